The van der Waals surface area contributed by atoms with Gasteiger partial charge in [-0.3, -0.25) is 14.5 Å². The number of benzene rings is 1. The molecule has 0 aromatic heterocycles. The van der Waals surface area contributed by atoms with Crippen LogP contribution in [0.25, 0.3) is 0 Å². The van der Waals surface area contributed by atoms with Gasteiger partial charge in [-0.2, -0.15) is 0 Å². The van der Waals surface area contributed by atoms with Crippen LogP contribution in [0.15, 0.2) is 24.3 Å². The average Bonchev–Trinajstić information content (AvgIpc) is 2.84. The third-order valence-corrected chi connectivity index (χ3v) is 4.90. The predicted octanol–water partition coefficient (Wildman–Crippen LogP) is 3.02. The van der Waals surface area contributed by atoms with Crippen LogP contribution in [0.5, 0.6) is 0 Å². The largest absolute Gasteiger partial charge is 0.326 e. The molecule has 0 spiro atoms. The monoisotopic (exact) mass is 334 g/mol. The summed E-state index contributed by atoms with van der Waals surface area (Å²) in [6.45, 7) is -0.227. The molecule has 2 aliphatic rings. The van der Waals surface area contributed by atoms with Gasteiger partial charge in [0, 0.05) is 10.6 Å². The Labute approximate surface area is 140 Å². The van der Waals surface area contributed by atoms with Crippen LogP contribution in [0.3, 0.4) is 0 Å². The number of carbonyl (C=O) groups is 3. The van der Waals surface area contributed by atoms with E-state index in [0.29, 0.717) is 10.6 Å². The minimum absolute atomic E-state index is 0.191. The van der Waals surface area contributed by atoms with Gasteiger partial charge >= 0.3 is 6.03 Å². The molecule has 3 amide bonds. The van der Waals surface area contributed by atoms with E-state index in [4.69, 9.17) is 11.6 Å². The number of urea groups is 1. The average molecular weight is 335 g/mol. The standard InChI is InChI=1S/C17H19ClN2O3/c18-13-8-6-11(7-9-13)14(21)10-20-16(22)15(19-17(20)23)12-4-2-1-3-5-12/h6-9,12,15H,1-5,10H2,(H,19,23)/t15-/m1/s1. The Balaban J connectivity index is 1.67. The third kappa shape index (κ3) is 3.39. The van der Waals surface area contributed by atoms with Crippen molar-refractivity contribution in [1.29, 1.82) is 0 Å². The fraction of sp³-hybridized carbons (Fsp3) is 0.471. The molecular weight excluding hydrogens is 316 g/mol. The van der Waals surface area contributed by atoms with Crippen LogP contribution in [-0.4, -0.2) is 35.2 Å². The molecule has 1 N–H and O–H groups in total. The molecule has 5 nitrogen and oxygen atoms in total. The number of amides is 3. The molecule has 1 heterocycles. The zero-order valence-corrected chi connectivity index (χ0v) is 13.5. The Hall–Kier alpha value is -1.88. The van der Waals surface area contributed by atoms with Crippen molar-refractivity contribution < 1.29 is 14.4 Å². The molecule has 1 saturated carbocycles. The van der Waals surface area contributed by atoms with Gasteiger partial charge in [-0.1, -0.05) is 30.9 Å². The summed E-state index contributed by atoms with van der Waals surface area (Å²) >= 11 is 5.80. The molecule has 0 radical (unpaired) electrons. The summed E-state index contributed by atoms with van der Waals surface area (Å²) in [5.41, 5.74) is 0.441. The molecule has 23 heavy (non-hydrogen) atoms. The van der Waals surface area contributed by atoms with Gasteiger partial charge in [-0.05, 0) is 43.0 Å². The summed E-state index contributed by atoms with van der Waals surface area (Å²) in [6.07, 6.45) is 5.28. The second kappa shape index (κ2) is 6.71. The molecule has 1 aromatic carbocycles. The van der Waals surface area contributed by atoms with Crippen molar-refractivity contribution in [2.75, 3.05) is 6.54 Å². The fourth-order valence-corrected chi connectivity index (χ4v) is 3.47. The summed E-state index contributed by atoms with van der Waals surface area (Å²) < 4.78 is 0. The fourth-order valence-electron chi connectivity index (χ4n) is 3.35. The van der Waals surface area contributed by atoms with E-state index >= 15 is 0 Å². The van der Waals surface area contributed by atoms with Gasteiger partial charge in [0.15, 0.2) is 5.78 Å². The summed E-state index contributed by atoms with van der Waals surface area (Å²) in [5.74, 6) is -0.352. The van der Waals surface area contributed by atoms with Gasteiger partial charge in [0.25, 0.3) is 5.91 Å². The molecule has 0 bridgehead atoms. The maximum Gasteiger partial charge on any atom is 0.325 e. The highest BCUT2D eigenvalue weighted by atomic mass is 35.5. The molecule has 3 rings (SSSR count). The second-order valence-electron chi connectivity index (χ2n) is 6.18. The topological polar surface area (TPSA) is 66.5 Å². The van der Waals surface area contributed by atoms with E-state index in [1.807, 2.05) is 0 Å². The van der Waals surface area contributed by atoms with Crippen molar-refractivity contribution in [3.8, 4) is 0 Å². The van der Waals surface area contributed by atoms with Crippen LogP contribution >= 0.6 is 11.6 Å². The van der Waals surface area contributed by atoms with Crippen LogP contribution in [0.2, 0.25) is 5.02 Å². The van der Waals surface area contributed by atoms with E-state index < -0.39 is 12.1 Å². The predicted molar refractivity (Wildman–Crippen MR) is 86.4 cm³/mol. The lowest BCUT2D eigenvalue weighted by molar-refractivity contribution is -0.128. The van der Waals surface area contributed by atoms with Crippen molar-refractivity contribution in [1.82, 2.24) is 10.2 Å². The highest BCUT2D eigenvalue weighted by molar-refractivity contribution is 6.30. The maximum atomic E-state index is 12.5. The quantitative estimate of drug-likeness (QED) is 0.680. The minimum atomic E-state index is -0.471. The Morgan fingerprint density at radius 2 is 1.78 bits per heavy atom. The highest BCUT2D eigenvalue weighted by Crippen LogP contribution is 2.29. The lowest BCUT2D eigenvalue weighted by atomic mass is 9.84. The third-order valence-electron chi connectivity index (χ3n) is 4.65. The molecule has 1 atom stereocenters. The number of nitrogens with zero attached hydrogens (tertiary/aromatic N) is 1. The summed E-state index contributed by atoms with van der Waals surface area (Å²) in [5, 5.41) is 3.29. The number of imide groups is 1. The number of hydrogen-bond donors (Lipinski definition) is 1. The molecule has 122 valence electrons. The van der Waals surface area contributed by atoms with Crippen molar-refractivity contribution in [2.45, 2.75) is 38.1 Å². The molecule has 0 unspecified atom stereocenters. The lowest BCUT2D eigenvalue weighted by Gasteiger charge is -2.25. The number of carbonyl (C=O) groups excluding carboxylic acids is 3. The Bertz CT molecular complexity index is 623. The summed E-state index contributed by atoms with van der Waals surface area (Å²) in [4.78, 5) is 37.9. The van der Waals surface area contributed by atoms with Crippen LogP contribution in [0.4, 0.5) is 4.79 Å². The van der Waals surface area contributed by atoms with E-state index in [9.17, 15) is 14.4 Å². The van der Waals surface area contributed by atoms with Crippen LogP contribution in [0.1, 0.15) is 42.5 Å². The van der Waals surface area contributed by atoms with Gasteiger partial charge in [0.2, 0.25) is 0 Å². The highest BCUT2D eigenvalue weighted by Gasteiger charge is 2.43. The Morgan fingerprint density at radius 3 is 2.43 bits per heavy atom. The summed E-state index contributed by atoms with van der Waals surface area (Å²) in [6, 6.07) is 5.49. The first-order chi connectivity index (χ1) is 11.1. The zero-order valence-electron chi connectivity index (χ0n) is 12.8. The van der Waals surface area contributed by atoms with Crippen molar-refractivity contribution in [3.05, 3.63) is 34.9 Å². The smallest absolute Gasteiger partial charge is 0.325 e. The van der Waals surface area contributed by atoms with Crippen LogP contribution < -0.4 is 5.32 Å². The van der Waals surface area contributed by atoms with Crippen LogP contribution in [-0.2, 0) is 4.79 Å². The van der Waals surface area contributed by atoms with Crippen molar-refractivity contribution in [2.24, 2.45) is 5.92 Å². The van der Waals surface area contributed by atoms with Gasteiger partial charge in [-0.15, -0.1) is 0 Å². The second-order valence-corrected chi connectivity index (χ2v) is 6.62. The summed E-state index contributed by atoms with van der Waals surface area (Å²) in [7, 11) is 0. The van der Waals surface area contributed by atoms with E-state index in [0.717, 1.165) is 30.6 Å². The zero-order chi connectivity index (χ0) is 16.4. The van der Waals surface area contributed by atoms with Crippen molar-refractivity contribution >= 4 is 29.3 Å². The van der Waals surface area contributed by atoms with Gasteiger partial charge in [0.05, 0.1) is 6.54 Å². The number of hydrogen-bond acceptors (Lipinski definition) is 3. The first kappa shape index (κ1) is 16.0. The van der Waals surface area contributed by atoms with E-state index in [-0.39, 0.29) is 24.2 Å². The van der Waals surface area contributed by atoms with Gasteiger partial charge in [-0.25, -0.2) is 4.79 Å². The molecule has 1 aliphatic heterocycles. The minimum Gasteiger partial charge on any atom is -0.326 e. The molecule has 1 aromatic rings. The number of Topliss-reactive ketones (excluding diaryl/α,β-unsaturated/α-hetero) is 1. The molecule has 1 saturated heterocycles. The first-order valence-corrected chi connectivity index (χ1v) is 8.34. The molecule has 6 heteroatoms. The maximum absolute atomic E-state index is 12.5. The Morgan fingerprint density at radius 1 is 1.13 bits per heavy atom. The Kier molecular flexibility index (Phi) is 4.66. The molecular formula is C17H19ClN2O3. The van der Waals surface area contributed by atoms with Gasteiger partial charge in [0.1, 0.15) is 6.04 Å². The number of halogens is 1. The van der Waals surface area contributed by atoms with E-state index in [1.54, 1.807) is 24.3 Å². The molecule has 2 fully saturated rings. The first-order valence-electron chi connectivity index (χ1n) is 7.97. The van der Waals surface area contributed by atoms with Crippen molar-refractivity contribution in [3.63, 3.8) is 0 Å². The SMILES string of the molecule is O=C(CN1C(=O)N[C@H](C2CCCCC2)C1=O)c1ccc(Cl)cc1. The number of nitrogens with one attached hydrogen (secondary N) is 1. The normalized spacial score (nSPS) is 22.3. The van der Waals surface area contributed by atoms with Crippen LogP contribution in [0, 0.1) is 5.92 Å². The van der Waals surface area contributed by atoms with E-state index in [2.05, 4.69) is 5.32 Å². The number of ketones is 1. The molecule has 1 aliphatic carbocycles. The lowest BCUT2D eigenvalue weighted by Crippen LogP contribution is -2.39. The number of rotatable bonds is 4. The van der Waals surface area contributed by atoms with Gasteiger partial charge < -0.3 is 5.32 Å². The van der Waals surface area contributed by atoms with E-state index in [1.165, 1.54) is 6.42 Å².